The summed E-state index contributed by atoms with van der Waals surface area (Å²) < 4.78 is 1.82. The highest BCUT2D eigenvalue weighted by Gasteiger charge is 2.11. The summed E-state index contributed by atoms with van der Waals surface area (Å²) in [5, 5.41) is 6.46. The van der Waals surface area contributed by atoms with E-state index in [1.165, 1.54) is 5.56 Å². The molecule has 0 saturated heterocycles. The summed E-state index contributed by atoms with van der Waals surface area (Å²) in [4.78, 5) is 4.35. The van der Waals surface area contributed by atoms with E-state index in [-0.39, 0.29) is 0 Å². The van der Waals surface area contributed by atoms with Gasteiger partial charge in [0.2, 0.25) is 0 Å². The Labute approximate surface area is 149 Å². The van der Waals surface area contributed by atoms with Crippen LogP contribution in [0.1, 0.15) is 5.56 Å². The van der Waals surface area contributed by atoms with Gasteiger partial charge in [0.1, 0.15) is 0 Å². The molecular weight excluding hydrogens is 341 g/mol. The summed E-state index contributed by atoms with van der Waals surface area (Å²) >= 11 is 12.5. The molecule has 0 aliphatic carbocycles. The maximum Gasteiger partial charge on any atom is 0.0770 e. The van der Waals surface area contributed by atoms with Crippen LogP contribution in [0.3, 0.4) is 0 Å². The summed E-state index contributed by atoms with van der Waals surface area (Å²) in [6.07, 6.45) is 5.57. The monoisotopic (exact) mass is 353 g/mol. The number of aryl methyl sites for hydroxylation is 1. The van der Waals surface area contributed by atoms with Gasteiger partial charge >= 0.3 is 0 Å². The number of hydrogen-bond acceptors (Lipinski definition) is 2. The van der Waals surface area contributed by atoms with Crippen LogP contribution in [0.2, 0.25) is 10.0 Å². The van der Waals surface area contributed by atoms with Crippen molar-refractivity contribution in [1.82, 2.24) is 14.8 Å². The Morgan fingerprint density at radius 3 is 2.54 bits per heavy atom. The molecule has 0 aliphatic heterocycles. The van der Waals surface area contributed by atoms with Gasteiger partial charge in [-0.15, -0.1) is 0 Å². The molecule has 0 saturated carbocycles. The van der Waals surface area contributed by atoms with Gasteiger partial charge < -0.3 is 0 Å². The molecule has 3 nitrogen and oxygen atoms in total. The summed E-state index contributed by atoms with van der Waals surface area (Å²) in [7, 11) is 0. The second kappa shape index (κ2) is 5.93. The Morgan fingerprint density at radius 2 is 1.75 bits per heavy atom. The molecule has 2 heterocycles. The molecule has 4 rings (SSSR count). The van der Waals surface area contributed by atoms with Crippen LogP contribution in [0.5, 0.6) is 0 Å². The first kappa shape index (κ1) is 15.2. The average molecular weight is 354 g/mol. The highest BCUT2D eigenvalue weighted by atomic mass is 35.5. The van der Waals surface area contributed by atoms with E-state index in [0.717, 1.165) is 27.7 Å². The van der Waals surface area contributed by atoms with E-state index >= 15 is 0 Å². The lowest BCUT2D eigenvalue weighted by Gasteiger charge is -2.08. The van der Waals surface area contributed by atoms with Crippen molar-refractivity contribution >= 4 is 34.1 Å². The van der Waals surface area contributed by atoms with Crippen LogP contribution in [-0.2, 0) is 0 Å². The Kier molecular flexibility index (Phi) is 3.75. The van der Waals surface area contributed by atoms with E-state index in [1.807, 2.05) is 23.1 Å². The molecule has 4 aromatic rings. The minimum absolute atomic E-state index is 0.563. The summed E-state index contributed by atoms with van der Waals surface area (Å²) in [6.45, 7) is 2.07. The Hall–Kier alpha value is -2.36. The fourth-order valence-corrected chi connectivity index (χ4v) is 3.31. The fraction of sp³-hybridized carbons (Fsp3) is 0.0526. The topological polar surface area (TPSA) is 30.7 Å². The van der Waals surface area contributed by atoms with Gasteiger partial charge in [-0.1, -0.05) is 53.0 Å². The van der Waals surface area contributed by atoms with Crippen molar-refractivity contribution in [2.45, 2.75) is 6.92 Å². The first-order valence-electron chi connectivity index (χ1n) is 7.48. The maximum atomic E-state index is 6.39. The Bertz CT molecular complexity index is 1040. The molecule has 118 valence electrons. The lowest BCUT2D eigenvalue weighted by molar-refractivity contribution is 0.886. The molecule has 0 spiro atoms. The van der Waals surface area contributed by atoms with Crippen molar-refractivity contribution in [3.63, 3.8) is 0 Å². The summed E-state index contributed by atoms with van der Waals surface area (Å²) in [6, 6.07) is 13.8. The number of aromatic nitrogens is 3. The quantitative estimate of drug-likeness (QED) is 0.462. The largest absolute Gasteiger partial charge is 0.256 e. The molecule has 5 heteroatoms. The molecule has 0 fully saturated rings. The third kappa shape index (κ3) is 2.66. The van der Waals surface area contributed by atoms with Crippen molar-refractivity contribution in [2.75, 3.05) is 0 Å². The first-order valence-corrected chi connectivity index (χ1v) is 8.23. The Morgan fingerprint density at radius 1 is 0.958 bits per heavy atom. The molecule has 0 amide bonds. The van der Waals surface area contributed by atoms with E-state index in [0.29, 0.717) is 10.0 Å². The predicted molar refractivity (Wildman–Crippen MR) is 99.1 cm³/mol. The van der Waals surface area contributed by atoms with Gasteiger partial charge in [0.25, 0.3) is 0 Å². The predicted octanol–water partition coefficient (Wildman–Crippen LogP) is 5.70. The number of nitrogens with zero attached hydrogens (tertiary/aromatic N) is 3. The van der Waals surface area contributed by atoms with Gasteiger partial charge in [0, 0.05) is 28.4 Å². The molecule has 0 atom stereocenters. The lowest BCUT2D eigenvalue weighted by atomic mass is 10.1. The number of pyridine rings is 1. The summed E-state index contributed by atoms with van der Waals surface area (Å²) in [5.74, 6) is 0. The van der Waals surface area contributed by atoms with E-state index < -0.39 is 0 Å². The third-order valence-corrected chi connectivity index (χ3v) is 4.47. The lowest BCUT2D eigenvalue weighted by Crippen LogP contribution is -1.97. The van der Waals surface area contributed by atoms with Gasteiger partial charge in [-0.25, -0.2) is 4.68 Å². The minimum Gasteiger partial charge on any atom is -0.256 e. The van der Waals surface area contributed by atoms with Gasteiger partial charge in [-0.3, -0.25) is 4.98 Å². The van der Waals surface area contributed by atoms with E-state index in [9.17, 15) is 0 Å². The number of rotatable bonds is 2. The van der Waals surface area contributed by atoms with Crippen molar-refractivity contribution in [2.24, 2.45) is 0 Å². The number of halogens is 2. The van der Waals surface area contributed by atoms with Crippen molar-refractivity contribution < 1.29 is 0 Å². The molecule has 24 heavy (non-hydrogen) atoms. The van der Waals surface area contributed by atoms with Crippen molar-refractivity contribution in [1.29, 1.82) is 0 Å². The van der Waals surface area contributed by atoms with Gasteiger partial charge in [0.05, 0.1) is 22.4 Å². The molecule has 0 bridgehead atoms. The van der Waals surface area contributed by atoms with Crippen LogP contribution >= 0.6 is 23.2 Å². The molecule has 0 unspecified atom stereocenters. The van der Waals surface area contributed by atoms with Gasteiger partial charge in [-0.05, 0) is 30.7 Å². The molecular formula is C19H13Cl2N3. The molecule has 2 aromatic heterocycles. The van der Waals surface area contributed by atoms with Crippen LogP contribution in [0.25, 0.3) is 27.7 Å². The van der Waals surface area contributed by atoms with Crippen LogP contribution in [0, 0.1) is 6.92 Å². The van der Waals surface area contributed by atoms with Crippen LogP contribution in [0.4, 0.5) is 0 Å². The Balaban J connectivity index is 1.86. The number of hydrogen-bond donors (Lipinski definition) is 0. The SMILES string of the molecule is Cc1ccc(-c2cnn(-c3ccnc4cc(Cl)cc(Cl)c34)c2)cc1. The zero-order chi connectivity index (χ0) is 16.7. The van der Waals surface area contributed by atoms with Crippen LogP contribution < -0.4 is 0 Å². The zero-order valence-corrected chi connectivity index (χ0v) is 14.4. The molecule has 2 aromatic carbocycles. The second-order valence-corrected chi connectivity index (χ2v) is 6.50. The molecule has 0 aliphatic rings. The van der Waals surface area contributed by atoms with E-state index in [2.05, 4.69) is 41.3 Å². The van der Waals surface area contributed by atoms with Crippen molar-refractivity contribution in [3.8, 4) is 16.8 Å². The smallest absolute Gasteiger partial charge is 0.0770 e. The van der Waals surface area contributed by atoms with Crippen molar-refractivity contribution in [3.05, 3.63) is 76.7 Å². The van der Waals surface area contributed by atoms with E-state index in [4.69, 9.17) is 23.2 Å². The number of fused-ring (bicyclic) bond motifs is 1. The molecule has 0 radical (unpaired) electrons. The van der Waals surface area contributed by atoms with Crippen LogP contribution in [0.15, 0.2) is 61.1 Å². The zero-order valence-electron chi connectivity index (χ0n) is 12.9. The fourth-order valence-electron chi connectivity index (χ4n) is 2.73. The molecule has 0 N–H and O–H groups in total. The standard InChI is InChI=1S/C19H13Cl2N3/c1-12-2-4-13(5-3-12)14-10-23-24(11-14)18-6-7-22-17-9-15(20)8-16(21)19(17)18/h2-11H,1H3. The minimum atomic E-state index is 0.563. The maximum absolute atomic E-state index is 6.39. The van der Waals surface area contributed by atoms with Gasteiger partial charge in [-0.2, -0.15) is 5.10 Å². The number of benzene rings is 2. The second-order valence-electron chi connectivity index (χ2n) is 5.65. The first-order chi connectivity index (χ1) is 11.6. The summed E-state index contributed by atoms with van der Waals surface area (Å²) in [5.41, 5.74) is 5.02. The highest BCUT2D eigenvalue weighted by molar-refractivity contribution is 6.39. The van der Waals surface area contributed by atoms with Gasteiger partial charge in [0.15, 0.2) is 0 Å². The van der Waals surface area contributed by atoms with E-state index in [1.54, 1.807) is 18.3 Å². The highest BCUT2D eigenvalue weighted by Crippen LogP contribution is 2.31. The third-order valence-electron chi connectivity index (χ3n) is 3.95. The average Bonchev–Trinajstić information content (AvgIpc) is 3.04. The normalized spacial score (nSPS) is 11.1. The van der Waals surface area contributed by atoms with Crippen LogP contribution in [-0.4, -0.2) is 14.8 Å².